The van der Waals surface area contributed by atoms with Crippen molar-refractivity contribution in [1.29, 1.82) is 0 Å². The van der Waals surface area contributed by atoms with Gasteiger partial charge in [-0.05, 0) is 17.9 Å². The molecule has 1 fully saturated rings. The summed E-state index contributed by atoms with van der Waals surface area (Å²) in [7, 11) is 1.85. The van der Waals surface area contributed by atoms with E-state index in [1.807, 2.05) is 7.05 Å². The standard InChI is InChI=1S/C11H13N/c1-12-8-10-7-11(10)9-5-3-2-4-6-9/h2-6,8,10-11H,7H2,1H3/b12-8-. The van der Waals surface area contributed by atoms with Crippen molar-refractivity contribution in [3.63, 3.8) is 0 Å². The van der Waals surface area contributed by atoms with Gasteiger partial charge < -0.3 is 4.99 Å². The van der Waals surface area contributed by atoms with E-state index in [0.717, 1.165) is 5.92 Å². The van der Waals surface area contributed by atoms with Gasteiger partial charge in [-0.1, -0.05) is 30.3 Å². The fourth-order valence-electron chi connectivity index (χ4n) is 1.65. The second-order valence-electron chi connectivity index (χ2n) is 3.32. The third kappa shape index (κ3) is 1.40. The molecule has 0 aromatic heterocycles. The third-order valence-corrected chi connectivity index (χ3v) is 2.41. The van der Waals surface area contributed by atoms with Gasteiger partial charge in [-0.2, -0.15) is 0 Å². The van der Waals surface area contributed by atoms with E-state index in [9.17, 15) is 0 Å². The van der Waals surface area contributed by atoms with Crippen LogP contribution in [0.4, 0.5) is 0 Å². The smallest absolute Gasteiger partial charge is 0.0273 e. The summed E-state index contributed by atoms with van der Waals surface area (Å²) in [5, 5.41) is 0. The highest BCUT2D eigenvalue weighted by molar-refractivity contribution is 5.66. The Morgan fingerprint density at radius 3 is 2.75 bits per heavy atom. The van der Waals surface area contributed by atoms with Crippen LogP contribution in [0.25, 0.3) is 0 Å². The molecule has 1 saturated carbocycles. The first-order valence-corrected chi connectivity index (χ1v) is 4.39. The largest absolute Gasteiger partial charge is 0.301 e. The van der Waals surface area contributed by atoms with Crippen molar-refractivity contribution in [2.45, 2.75) is 12.3 Å². The van der Waals surface area contributed by atoms with Gasteiger partial charge in [0.1, 0.15) is 0 Å². The van der Waals surface area contributed by atoms with E-state index in [2.05, 4.69) is 41.5 Å². The van der Waals surface area contributed by atoms with Gasteiger partial charge in [0.25, 0.3) is 0 Å². The summed E-state index contributed by atoms with van der Waals surface area (Å²) in [4.78, 5) is 4.05. The Morgan fingerprint density at radius 1 is 1.33 bits per heavy atom. The van der Waals surface area contributed by atoms with E-state index in [4.69, 9.17) is 0 Å². The minimum Gasteiger partial charge on any atom is -0.301 e. The van der Waals surface area contributed by atoms with Gasteiger partial charge in [0, 0.05) is 19.2 Å². The maximum atomic E-state index is 4.05. The molecule has 2 rings (SSSR count). The van der Waals surface area contributed by atoms with Crippen molar-refractivity contribution >= 4 is 6.21 Å². The molecule has 1 heteroatoms. The normalized spacial score (nSPS) is 27.8. The monoisotopic (exact) mass is 159 g/mol. The zero-order valence-corrected chi connectivity index (χ0v) is 7.27. The molecule has 0 radical (unpaired) electrons. The van der Waals surface area contributed by atoms with Crippen molar-refractivity contribution < 1.29 is 0 Å². The first kappa shape index (κ1) is 7.53. The van der Waals surface area contributed by atoms with Crippen LogP contribution in [0.15, 0.2) is 35.3 Å². The summed E-state index contributed by atoms with van der Waals surface area (Å²) < 4.78 is 0. The maximum Gasteiger partial charge on any atom is 0.0273 e. The average molecular weight is 159 g/mol. The molecule has 0 amide bonds. The van der Waals surface area contributed by atoms with Crippen LogP contribution in [-0.4, -0.2) is 13.3 Å². The predicted molar refractivity (Wildman–Crippen MR) is 51.7 cm³/mol. The first-order chi connectivity index (χ1) is 5.92. The molecule has 1 aliphatic carbocycles. The number of aliphatic imine (C=N–C) groups is 1. The quantitative estimate of drug-likeness (QED) is 0.588. The summed E-state index contributed by atoms with van der Waals surface area (Å²) in [5.74, 6) is 1.45. The summed E-state index contributed by atoms with van der Waals surface area (Å²) in [6.45, 7) is 0. The van der Waals surface area contributed by atoms with E-state index in [-0.39, 0.29) is 0 Å². The number of hydrogen-bond acceptors (Lipinski definition) is 1. The van der Waals surface area contributed by atoms with Crippen LogP contribution in [0.1, 0.15) is 17.9 Å². The predicted octanol–water partition coefficient (Wildman–Crippen LogP) is 2.49. The highest BCUT2D eigenvalue weighted by Crippen LogP contribution is 2.45. The molecular formula is C11H13N. The molecule has 1 aliphatic rings. The molecule has 12 heavy (non-hydrogen) atoms. The molecule has 0 N–H and O–H groups in total. The summed E-state index contributed by atoms with van der Waals surface area (Å²) >= 11 is 0. The Bertz CT molecular complexity index is 276. The molecule has 1 aromatic rings. The Morgan fingerprint density at radius 2 is 2.08 bits per heavy atom. The summed E-state index contributed by atoms with van der Waals surface area (Å²) in [6, 6.07) is 10.7. The van der Waals surface area contributed by atoms with E-state index in [0.29, 0.717) is 5.92 Å². The number of benzene rings is 1. The fraction of sp³-hybridized carbons (Fsp3) is 0.364. The zero-order valence-electron chi connectivity index (χ0n) is 7.27. The lowest BCUT2D eigenvalue weighted by atomic mass is 10.1. The van der Waals surface area contributed by atoms with Crippen molar-refractivity contribution in [2.75, 3.05) is 7.05 Å². The molecule has 0 saturated heterocycles. The third-order valence-electron chi connectivity index (χ3n) is 2.41. The zero-order chi connectivity index (χ0) is 8.39. The van der Waals surface area contributed by atoms with Crippen molar-refractivity contribution in [3.8, 4) is 0 Å². The van der Waals surface area contributed by atoms with Crippen molar-refractivity contribution in [1.82, 2.24) is 0 Å². The van der Waals surface area contributed by atoms with E-state index in [1.54, 1.807) is 0 Å². The summed E-state index contributed by atoms with van der Waals surface area (Å²) in [6.07, 6.45) is 3.35. The molecular weight excluding hydrogens is 146 g/mol. The number of rotatable bonds is 2. The Balaban J connectivity index is 2.06. The SMILES string of the molecule is C/N=C\C1CC1c1ccccc1. The highest BCUT2D eigenvalue weighted by Gasteiger charge is 2.36. The van der Waals surface area contributed by atoms with Crippen LogP contribution >= 0.6 is 0 Å². The minimum atomic E-state index is 0.706. The lowest BCUT2D eigenvalue weighted by Crippen LogP contribution is -1.83. The fourth-order valence-corrected chi connectivity index (χ4v) is 1.65. The van der Waals surface area contributed by atoms with Gasteiger partial charge in [0.15, 0.2) is 0 Å². The Labute approximate surface area is 73.1 Å². The molecule has 62 valence electrons. The van der Waals surface area contributed by atoms with E-state index in [1.165, 1.54) is 12.0 Å². The topological polar surface area (TPSA) is 12.4 Å². The average Bonchev–Trinajstić information content (AvgIpc) is 2.87. The van der Waals surface area contributed by atoms with Crippen molar-refractivity contribution in [2.24, 2.45) is 10.9 Å². The molecule has 0 spiro atoms. The molecule has 0 bridgehead atoms. The molecule has 2 unspecified atom stereocenters. The van der Waals surface area contributed by atoms with Crippen LogP contribution < -0.4 is 0 Å². The van der Waals surface area contributed by atoms with Crippen LogP contribution in [-0.2, 0) is 0 Å². The molecule has 1 aromatic carbocycles. The Kier molecular flexibility index (Phi) is 1.94. The summed E-state index contributed by atoms with van der Waals surface area (Å²) in [5.41, 5.74) is 1.46. The van der Waals surface area contributed by atoms with E-state index >= 15 is 0 Å². The van der Waals surface area contributed by atoms with Gasteiger partial charge in [-0.25, -0.2) is 0 Å². The van der Waals surface area contributed by atoms with Crippen LogP contribution in [0.3, 0.4) is 0 Å². The van der Waals surface area contributed by atoms with Gasteiger partial charge in [-0.3, -0.25) is 0 Å². The maximum absolute atomic E-state index is 4.05. The highest BCUT2D eigenvalue weighted by atomic mass is 14.7. The van der Waals surface area contributed by atoms with Crippen LogP contribution in [0.5, 0.6) is 0 Å². The van der Waals surface area contributed by atoms with Gasteiger partial charge in [-0.15, -0.1) is 0 Å². The van der Waals surface area contributed by atoms with Crippen molar-refractivity contribution in [3.05, 3.63) is 35.9 Å². The lowest BCUT2D eigenvalue weighted by molar-refractivity contribution is 1.06. The minimum absolute atomic E-state index is 0.706. The van der Waals surface area contributed by atoms with Gasteiger partial charge in [0.05, 0.1) is 0 Å². The van der Waals surface area contributed by atoms with Crippen LogP contribution in [0, 0.1) is 5.92 Å². The number of hydrogen-bond donors (Lipinski definition) is 0. The molecule has 0 heterocycles. The second-order valence-corrected chi connectivity index (χ2v) is 3.32. The Hall–Kier alpha value is -1.11. The molecule has 2 atom stereocenters. The number of nitrogens with zero attached hydrogens (tertiary/aromatic N) is 1. The first-order valence-electron chi connectivity index (χ1n) is 4.39. The lowest BCUT2D eigenvalue weighted by Gasteiger charge is -1.95. The van der Waals surface area contributed by atoms with Crippen LogP contribution in [0.2, 0.25) is 0 Å². The molecule has 1 nitrogen and oxygen atoms in total. The second kappa shape index (κ2) is 3.10. The van der Waals surface area contributed by atoms with E-state index < -0.39 is 0 Å². The van der Waals surface area contributed by atoms with Gasteiger partial charge >= 0.3 is 0 Å². The van der Waals surface area contributed by atoms with Gasteiger partial charge in [0.2, 0.25) is 0 Å². The molecule has 0 aliphatic heterocycles.